The Labute approximate surface area is 291 Å². The van der Waals surface area contributed by atoms with Crippen molar-refractivity contribution >= 4 is 53.9 Å². The summed E-state index contributed by atoms with van der Waals surface area (Å²) in [5.74, 6) is 0. The summed E-state index contributed by atoms with van der Waals surface area (Å²) in [6.07, 6.45) is 0. The molecular weight excluding hydrogens is 601 g/mol. The molecule has 0 saturated carbocycles. The highest BCUT2D eigenvalue weighted by atomic mass is 14.2. The van der Waals surface area contributed by atoms with Gasteiger partial charge in [0, 0.05) is 0 Å². The summed E-state index contributed by atoms with van der Waals surface area (Å²) in [7, 11) is 0. The van der Waals surface area contributed by atoms with Crippen molar-refractivity contribution in [2.24, 2.45) is 0 Å². The molecule has 0 aromatic heterocycles. The van der Waals surface area contributed by atoms with Crippen LogP contribution in [0.15, 0.2) is 194 Å². The van der Waals surface area contributed by atoms with Crippen molar-refractivity contribution in [3.8, 4) is 44.5 Å². The third-order valence-corrected chi connectivity index (χ3v) is 10.4. The van der Waals surface area contributed by atoms with Crippen LogP contribution in [0.5, 0.6) is 0 Å². The predicted molar refractivity (Wildman–Crippen MR) is 216 cm³/mol. The molecule has 0 heterocycles. The fraction of sp³-hybridized carbons (Fsp3) is 0. The molecule has 0 saturated heterocycles. The third-order valence-electron chi connectivity index (χ3n) is 10.4. The molecular formula is C50H32. The zero-order chi connectivity index (χ0) is 33.0. The second kappa shape index (κ2) is 11.6. The first-order chi connectivity index (χ1) is 24.8. The van der Waals surface area contributed by atoms with Gasteiger partial charge in [-0.25, -0.2) is 0 Å². The molecule has 0 nitrogen and oxygen atoms in total. The second-order valence-corrected chi connectivity index (χ2v) is 13.2. The molecule has 10 aromatic carbocycles. The number of rotatable bonds is 4. The van der Waals surface area contributed by atoms with Gasteiger partial charge in [-0.15, -0.1) is 0 Å². The minimum Gasteiger partial charge on any atom is -0.0622 e. The smallest absolute Gasteiger partial charge is 0.00262 e. The van der Waals surface area contributed by atoms with E-state index >= 15 is 0 Å². The first kappa shape index (κ1) is 28.5. The van der Waals surface area contributed by atoms with E-state index in [1.54, 1.807) is 0 Å². The highest BCUT2D eigenvalue weighted by molar-refractivity contribution is 6.26. The molecule has 0 bridgehead atoms. The monoisotopic (exact) mass is 632 g/mol. The highest BCUT2D eigenvalue weighted by Crippen LogP contribution is 2.45. The van der Waals surface area contributed by atoms with E-state index in [0.717, 1.165) is 0 Å². The lowest BCUT2D eigenvalue weighted by molar-refractivity contribution is 1.61. The normalized spacial score (nSPS) is 11.6. The molecule has 0 fully saturated rings. The second-order valence-electron chi connectivity index (χ2n) is 13.2. The van der Waals surface area contributed by atoms with Crippen LogP contribution in [0.1, 0.15) is 0 Å². The summed E-state index contributed by atoms with van der Waals surface area (Å²) in [4.78, 5) is 0. The van der Waals surface area contributed by atoms with E-state index in [9.17, 15) is 0 Å². The van der Waals surface area contributed by atoms with Crippen molar-refractivity contribution < 1.29 is 0 Å². The van der Waals surface area contributed by atoms with E-state index in [0.29, 0.717) is 0 Å². The van der Waals surface area contributed by atoms with E-state index in [1.165, 1.54) is 98.4 Å². The van der Waals surface area contributed by atoms with Gasteiger partial charge in [0.25, 0.3) is 0 Å². The predicted octanol–water partition coefficient (Wildman–Crippen LogP) is 14.1. The Morgan fingerprint density at radius 3 is 0.960 bits per heavy atom. The molecule has 10 aromatic rings. The summed E-state index contributed by atoms with van der Waals surface area (Å²) < 4.78 is 0. The number of hydrogen-bond donors (Lipinski definition) is 0. The van der Waals surface area contributed by atoms with Gasteiger partial charge in [-0.3, -0.25) is 0 Å². The van der Waals surface area contributed by atoms with Crippen LogP contribution in [0, 0.1) is 0 Å². The van der Waals surface area contributed by atoms with Gasteiger partial charge < -0.3 is 0 Å². The Morgan fingerprint density at radius 1 is 0.160 bits per heavy atom. The van der Waals surface area contributed by atoms with Gasteiger partial charge in [-0.2, -0.15) is 0 Å². The lowest BCUT2D eigenvalue weighted by atomic mass is 9.85. The van der Waals surface area contributed by atoms with E-state index in [1.807, 2.05) is 0 Å². The minimum absolute atomic E-state index is 1.22. The van der Waals surface area contributed by atoms with Crippen molar-refractivity contribution in [2.75, 3.05) is 0 Å². The zero-order valence-electron chi connectivity index (χ0n) is 27.5. The van der Waals surface area contributed by atoms with Crippen molar-refractivity contribution in [2.45, 2.75) is 0 Å². The quantitative estimate of drug-likeness (QED) is 0.134. The largest absolute Gasteiger partial charge is 0.0622 e. The highest BCUT2D eigenvalue weighted by Gasteiger charge is 2.18. The van der Waals surface area contributed by atoms with Crippen LogP contribution in [0.4, 0.5) is 0 Å². The van der Waals surface area contributed by atoms with Gasteiger partial charge in [0.15, 0.2) is 0 Å². The lowest BCUT2D eigenvalue weighted by Crippen LogP contribution is -1.91. The third kappa shape index (κ3) is 4.54. The first-order valence-electron chi connectivity index (χ1n) is 17.4. The summed E-state index contributed by atoms with van der Waals surface area (Å²) in [5, 5.41) is 12.8. The Morgan fingerprint density at radius 2 is 0.480 bits per heavy atom. The molecule has 0 spiro atoms. The van der Waals surface area contributed by atoms with Gasteiger partial charge in [0.05, 0.1) is 0 Å². The number of fused-ring (bicyclic) bond motifs is 8. The topological polar surface area (TPSA) is 0 Å². The Hall–Kier alpha value is -6.50. The maximum absolute atomic E-state index is 2.39. The fourth-order valence-electron chi connectivity index (χ4n) is 8.18. The first-order valence-corrected chi connectivity index (χ1v) is 17.4. The maximum atomic E-state index is 2.39. The van der Waals surface area contributed by atoms with Crippen LogP contribution in [0.3, 0.4) is 0 Å². The fourth-order valence-corrected chi connectivity index (χ4v) is 8.18. The number of hydrogen-bond acceptors (Lipinski definition) is 0. The Kier molecular flexibility index (Phi) is 6.60. The molecule has 0 aliphatic rings. The SMILES string of the molecule is c1ccc(-c2cccc(-c3c4ccccc4c(-c4cccc(-c5ccc6c7ccccc7c7ccccc7c6c5)c4)c4ccccc34)c2)cc1. The Bertz CT molecular complexity index is 2820. The molecule has 0 N–H and O–H groups in total. The summed E-state index contributed by atoms with van der Waals surface area (Å²) in [5.41, 5.74) is 9.91. The molecule has 0 radical (unpaired) electrons. The van der Waals surface area contributed by atoms with E-state index in [4.69, 9.17) is 0 Å². The van der Waals surface area contributed by atoms with Crippen molar-refractivity contribution in [1.82, 2.24) is 0 Å². The standard InChI is InChI=1S/C50H32/c1-2-14-33(15-3-1)34-16-12-18-37(30-34)49-44-24-8-10-26-46(44)50(47-27-11-9-25-45(47)49)38-19-13-17-35(31-38)36-28-29-43-41-22-5-4-20-39(41)40-21-6-7-23-42(40)48(43)32-36/h1-32H. The molecule has 232 valence electrons. The van der Waals surface area contributed by atoms with Crippen LogP contribution in [-0.2, 0) is 0 Å². The maximum Gasteiger partial charge on any atom is -0.00262 e. The molecule has 0 unspecified atom stereocenters. The van der Waals surface area contributed by atoms with Crippen molar-refractivity contribution in [1.29, 1.82) is 0 Å². The average Bonchev–Trinajstić information content (AvgIpc) is 3.20. The molecule has 10 rings (SSSR count). The lowest BCUT2D eigenvalue weighted by Gasteiger charge is -2.19. The molecule has 0 aliphatic carbocycles. The molecule has 0 aliphatic heterocycles. The summed E-state index contributed by atoms with van der Waals surface area (Å²) in [6.45, 7) is 0. The van der Waals surface area contributed by atoms with E-state index in [-0.39, 0.29) is 0 Å². The van der Waals surface area contributed by atoms with Gasteiger partial charge in [-0.1, -0.05) is 176 Å². The van der Waals surface area contributed by atoms with Crippen molar-refractivity contribution in [3.05, 3.63) is 194 Å². The van der Waals surface area contributed by atoms with Gasteiger partial charge in [0.2, 0.25) is 0 Å². The van der Waals surface area contributed by atoms with Crippen molar-refractivity contribution in [3.63, 3.8) is 0 Å². The van der Waals surface area contributed by atoms with Crippen LogP contribution in [0.25, 0.3) is 98.4 Å². The van der Waals surface area contributed by atoms with Gasteiger partial charge >= 0.3 is 0 Å². The molecule has 0 atom stereocenters. The zero-order valence-corrected chi connectivity index (χ0v) is 27.5. The van der Waals surface area contributed by atoms with E-state index in [2.05, 4.69) is 194 Å². The molecule has 50 heavy (non-hydrogen) atoms. The van der Waals surface area contributed by atoms with E-state index < -0.39 is 0 Å². The Balaban J connectivity index is 1.18. The van der Waals surface area contributed by atoms with Crippen LogP contribution in [-0.4, -0.2) is 0 Å². The van der Waals surface area contributed by atoms with Crippen LogP contribution < -0.4 is 0 Å². The van der Waals surface area contributed by atoms with Crippen LogP contribution in [0.2, 0.25) is 0 Å². The summed E-state index contributed by atoms with van der Waals surface area (Å²) in [6, 6.07) is 71.2. The van der Waals surface area contributed by atoms with Gasteiger partial charge in [0.1, 0.15) is 0 Å². The molecule has 0 amide bonds. The summed E-state index contributed by atoms with van der Waals surface area (Å²) >= 11 is 0. The number of benzene rings is 10. The average molecular weight is 633 g/mol. The van der Waals surface area contributed by atoms with Crippen LogP contribution >= 0.6 is 0 Å². The molecule has 0 heteroatoms. The van der Waals surface area contributed by atoms with Gasteiger partial charge in [-0.05, 0) is 117 Å². The minimum atomic E-state index is 1.22.